The quantitative estimate of drug-likeness (QED) is 0.872. The van der Waals surface area contributed by atoms with Crippen LogP contribution < -0.4 is 5.32 Å². The van der Waals surface area contributed by atoms with Crippen molar-refractivity contribution in [2.75, 3.05) is 5.32 Å². The first-order chi connectivity index (χ1) is 10.8. The molecule has 0 unspecified atom stereocenters. The first-order valence-corrected chi connectivity index (χ1v) is 8.12. The predicted octanol–water partition coefficient (Wildman–Crippen LogP) is 4.54. The molecule has 1 heterocycles. The first kappa shape index (κ1) is 16.0. The fourth-order valence-electron chi connectivity index (χ4n) is 2.60. The third-order valence-corrected chi connectivity index (χ3v) is 4.89. The molecule has 0 radical (unpaired) electrons. The molecule has 1 aromatic heterocycles. The van der Waals surface area contributed by atoms with Crippen molar-refractivity contribution in [3.8, 4) is 0 Å². The summed E-state index contributed by atoms with van der Waals surface area (Å²) in [7, 11) is 0. The van der Waals surface area contributed by atoms with Gasteiger partial charge in [0.25, 0.3) is 5.91 Å². The van der Waals surface area contributed by atoms with E-state index in [0.29, 0.717) is 11.0 Å². The van der Waals surface area contributed by atoms with Gasteiger partial charge < -0.3 is 0 Å². The summed E-state index contributed by atoms with van der Waals surface area (Å²) in [6, 6.07) is 4.39. The fourth-order valence-corrected chi connectivity index (χ4v) is 3.77. The molecule has 1 amide bonds. The van der Waals surface area contributed by atoms with Gasteiger partial charge in [0.2, 0.25) is 0 Å². The van der Waals surface area contributed by atoms with Crippen molar-refractivity contribution in [3.63, 3.8) is 0 Å². The van der Waals surface area contributed by atoms with Crippen LogP contribution >= 0.6 is 11.3 Å². The number of anilines is 1. The molecular formula is C16H15F3N2OS. The van der Waals surface area contributed by atoms with Crippen molar-refractivity contribution in [1.82, 2.24) is 4.98 Å². The minimum Gasteiger partial charge on any atom is -0.298 e. The van der Waals surface area contributed by atoms with Crippen LogP contribution in [0.2, 0.25) is 0 Å². The molecule has 23 heavy (non-hydrogen) atoms. The topological polar surface area (TPSA) is 42.0 Å². The standard InChI is InChI=1S/C16H15F3N2OS/c1-9-5-6-12-13(7-9)23-15(20-12)21-14(22)10-3-2-4-11(8-10)16(17,18)19/h2-4,8-9H,5-7H2,1H3,(H,20,21,22)/t9-/m0/s1. The zero-order valence-electron chi connectivity index (χ0n) is 12.4. The minimum absolute atomic E-state index is 0.0265. The van der Waals surface area contributed by atoms with Crippen LogP contribution in [-0.2, 0) is 19.0 Å². The van der Waals surface area contributed by atoms with Crippen LogP contribution in [0.3, 0.4) is 0 Å². The summed E-state index contributed by atoms with van der Waals surface area (Å²) in [4.78, 5) is 17.7. The highest BCUT2D eigenvalue weighted by atomic mass is 32.1. The van der Waals surface area contributed by atoms with Crippen molar-refractivity contribution in [2.45, 2.75) is 32.4 Å². The number of nitrogens with one attached hydrogen (secondary N) is 1. The average molecular weight is 340 g/mol. The number of rotatable bonds is 2. The van der Waals surface area contributed by atoms with Gasteiger partial charge in [-0.05, 0) is 43.4 Å². The summed E-state index contributed by atoms with van der Waals surface area (Å²) in [6.07, 6.45) is -1.58. The Labute approximate surface area is 135 Å². The number of amides is 1. The Balaban J connectivity index is 1.77. The summed E-state index contributed by atoms with van der Waals surface area (Å²) in [5.41, 5.74) is 0.131. The number of aryl methyl sites for hydroxylation is 1. The average Bonchev–Trinajstić information content (AvgIpc) is 2.87. The van der Waals surface area contributed by atoms with Crippen LogP contribution in [0, 0.1) is 5.92 Å². The molecule has 122 valence electrons. The maximum absolute atomic E-state index is 12.7. The molecule has 1 atom stereocenters. The van der Waals surface area contributed by atoms with Crippen molar-refractivity contribution >= 4 is 22.4 Å². The van der Waals surface area contributed by atoms with Crippen molar-refractivity contribution in [1.29, 1.82) is 0 Å². The Morgan fingerprint density at radius 3 is 2.91 bits per heavy atom. The second-order valence-corrected chi connectivity index (χ2v) is 6.85. The van der Waals surface area contributed by atoms with E-state index in [1.54, 1.807) is 0 Å². The zero-order chi connectivity index (χ0) is 16.6. The maximum Gasteiger partial charge on any atom is 0.416 e. The maximum atomic E-state index is 12.7. The molecule has 0 saturated heterocycles. The lowest BCUT2D eigenvalue weighted by molar-refractivity contribution is -0.137. The van der Waals surface area contributed by atoms with Crippen LogP contribution in [0.5, 0.6) is 0 Å². The van der Waals surface area contributed by atoms with Crippen molar-refractivity contribution in [2.24, 2.45) is 5.92 Å². The Morgan fingerprint density at radius 2 is 2.17 bits per heavy atom. The number of thiazole rings is 1. The summed E-state index contributed by atoms with van der Waals surface area (Å²) in [6.45, 7) is 2.17. The van der Waals surface area contributed by atoms with E-state index in [1.165, 1.54) is 23.5 Å². The van der Waals surface area contributed by atoms with E-state index in [9.17, 15) is 18.0 Å². The van der Waals surface area contributed by atoms with Gasteiger partial charge >= 0.3 is 6.18 Å². The highest BCUT2D eigenvalue weighted by Crippen LogP contribution is 2.33. The smallest absolute Gasteiger partial charge is 0.298 e. The largest absolute Gasteiger partial charge is 0.416 e. The summed E-state index contributed by atoms with van der Waals surface area (Å²) in [5.74, 6) is 0.0187. The molecule has 2 aromatic rings. The van der Waals surface area contributed by atoms with Gasteiger partial charge in [-0.2, -0.15) is 13.2 Å². The Hall–Kier alpha value is -1.89. The monoisotopic (exact) mass is 340 g/mol. The molecule has 1 aliphatic rings. The number of hydrogen-bond donors (Lipinski definition) is 1. The second kappa shape index (κ2) is 5.96. The van der Waals surface area contributed by atoms with Crippen LogP contribution in [-0.4, -0.2) is 10.9 Å². The number of carbonyl (C=O) groups is 1. The zero-order valence-corrected chi connectivity index (χ0v) is 13.2. The summed E-state index contributed by atoms with van der Waals surface area (Å²) >= 11 is 1.41. The van der Waals surface area contributed by atoms with E-state index in [0.717, 1.165) is 42.0 Å². The number of hydrogen-bond acceptors (Lipinski definition) is 3. The van der Waals surface area contributed by atoms with Crippen LogP contribution in [0.15, 0.2) is 24.3 Å². The normalized spacial score (nSPS) is 17.7. The molecule has 3 rings (SSSR count). The van der Waals surface area contributed by atoms with Gasteiger partial charge in [0.15, 0.2) is 5.13 Å². The third kappa shape index (κ3) is 3.55. The Kier molecular flexibility index (Phi) is 4.14. The lowest BCUT2D eigenvalue weighted by Gasteiger charge is -2.15. The predicted molar refractivity (Wildman–Crippen MR) is 82.7 cm³/mol. The number of nitrogens with zero attached hydrogens (tertiary/aromatic N) is 1. The molecule has 0 fully saturated rings. The number of alkyl halides is 3. The number of halogens is 3. The van der Waals surface area contributed by atoms with Gasteiger partial charge in [-0.15, -0.1) is 11.3 Å². The number of benzene rings is 1. The molecule has 3 nitrogen and oxygen atoms in total. The van der Waals surface area contributed by atoms with Crippen LogP contribution in [0.1, 0.15) is 39.8 Å². The SMILES string of the molecule is C[C@H]1CCc2nc(NC(=O)c3cccc(C(F)(F)F)c3)sc2C1. The van der Waals surface area contributed by atoms with E-state index in [4.69, 9.17) is 0 Å². The Bertz CT molecular complexity index is 739. The molecule has 1 aromatic carbocycles. The lowest BCUT2D eigenvalue weighted by Crippen LogP contribution is -2.14. The molecule has 0 spiro atoms. The minimum atomic E-state index is -4.47. The highest BCUT2D eigenvalue weighted by Gasteiger charge is 2.31. The van der Waals surface area contributed by atoms with E-state index >= 15 is 0 Å². The van der Waals surface area contributed by atoms with Crippen molar-refractivity contribution < 1.29 is 18.0 Å². The Morgan fingerprint density at radius 1 is 1.39 bits per heavy atom. The lowest BCUT2D eigenvalue weighted by atomic mass is 9.93. The van der Waals surface area contributed by atoms with Gasteiger partial charge in [0, 0.05) is 10.4 Å². The molecule has 0 aliphatic heterocycles. The van der Waals surface area contributed by atoms with E-state index in [1.807, 2.05) is 0 Å². The fraction of sp³-hybridized carbons (Fsp3) is 0.375. The van der Waals surface area contributed by atoms with Gasteiger partial charge in [0.05, 0.1) is 11.3 Å². The van der Waals surface area contributed by atoms with E-state index < -0.39 is 17.6 Å². The molecule has 0 bridgehead atoms. The van der Waals surface area contributed by atoms with E-state index in [2.05, 4.69) is 17.2 Å². The van der Waals surface area contributed by atoms with Crippen LogP contribution in [0.25, 0.3) is 0 Å². The molecule has 0 saturated carbocycles. The van der Waals surface area contributed by atoms with Gasteiger partial charge in [0.1, 0.15) is 0 Å². The molecular weight excluding hydrogens is 325 g/mol. The number of aromatic nitrogens is 1. The van der Waals surface area contributed by atoms with Crippen molar-refractivity contribution in [3.05, 3.63) is 46.0 Å². The van der Waals surface area contributed by atoms with E-state index in [-0.39, 0.29) is 5.56 Å². The second-order valence-electron chi connectivity index (χ2n) is 5.77. The molecule has 1 N–H and O–H groups in total. The van der Waals surface area contributed by atoms with Gasteiger partial charge in [-0.25, -0.2) is 4.98 Å². The summed E-state index contributed by atoms with van der Waals surface area (Å²) in [5, 5.41) is 3.06. The summed E-state index contributed by atoms with van der Waals surface area (Å²) < 4.78 is 38.1. The van der Waals surface area contributed by atoms with Gasteiger partial charge in [-0.1, -0.05) is 13.0 Å². The first-order valence-electron chi connectivity index (χ1n) is 7.30. The third-order valence-electron chi connectivity index (χ3n) is 3.86. The van der Waals surface area contributed by atoms with Gasteiger partial charge in [-0.3, -0.25) is 10.1 Å². The highest BCUT2D eigenvalue weighted by molar-refractivity contribution is 7.15. The number of carbonyl (C=O) groups excluding carboxylic acids is 1. The van der Waals surface area contributed by atoms with Crippen LogP contribution in [0.4, 0.5) is 18.3 Å². The molecule has 7 heteroatoms. The number of fused-ring (bicyclic) bond motifs is 1. The molecule has 1 aliphatic carbocycles.